The van der Waals surface area contributed by atoms with Crippen LogP contribution in [0.3, 0.4) is 0 Å². The molecule has 9 nitrogen and oxygen atoms in total. The van der Waals surface area contributed by atoms with Crippen molar-refractivity contribution in [2.75, 3.05) is 0 Å². The molecule has 0 aromatic heterocycles. The topological polar surface area (TPSA) is 133 Å². The summed E-state index contributed by atoms with van der Waals surface area (Å²) in [5, 5.41) is 21.0. The second-order valence-electron chi connectivity index (χ2n) is 8.61. The zero-order chi connectivity index (χ0) is 24.8. The van der Waals surface area contributed by atoms with Crippen LogP contribution in [0.15, 0.2) is 0 Å². The van der Waals surface area contributed by atoms with Gasteiger partial charge in [-0.15, -0.1) is 0 Å². The van der Waals surface area contributed by atoms with Gasteiger partial charge in [-0.3, -0.25) is 4.79 Å². The fraction of sp³-hybridized carbons (Fsp3) is 0.950. The molecule has 2 heterocycles. The normalized spacial score (nSPS) is 35.9. The molecule has 0 aromatic rings. The molecule has 2 aliphatic heterocycles. The summed E-state index contributed by atoms with van der Waals surface area (Å²) in [6, 6.07) is -1.30. The summed E-state index contributed by atoms with van der Waals surface area (Å²) in [5.41, 5.74) is 5.72. The molecule has 2 rings (SSSR count). The Hall–Kier alpha value is -1.02. The van der Waals surface area contributed by atoms with Crippen LogP contribution in [0.1, 0.15) is 54.4 Å². The third-order valence-electron chi connectivity index (χ3n) is 4.88. The molecule has 12 heteroatoms. The molecule has 8 unspecified atom stereocenters. The smallest absolute Gasteiger partial charge is 0.389 e. The highest BCUT2D eigenvalue weighted by atomic mass is 19.4. The number of alkyl halides is 3. The van der Waals surface area contributed by atoms with Gasteiger partial charge in [-0.05, 0) is 41.5 Å². The van der Waals surface area contributed by atoms with E-state index in [0.29, 0.717) is 6.42 Å². The van der Waals surface area contributed by atoms with E-state index in [2.05, 4.69) is 0 Å². The molecule has 8 atom stereocenters. The number of aliphatic hydroxyl groups excluding tert-OH is 2. The molecule has 2 fully saturated rings. The molecule has 1 amide bonds. The van der Waals surface area contributed by atoms with Gasteiger partial charge in [0.1, 0.15) is 6.10 Å². The van der Waals surface area contributed by atoms with Gasteiger partial charge in [0.25, 0.3) is 0 Å². The largest absolute Gasteiger partial charge is 0.471 e. The second kappa shape index (κ2) is 12.4. The van der Waals surface area contributed by atoms with Crippen molar-refractivity contribution in [2.24, 2.45) is 5.73 Å². The van der Waals surface area contributed by atoms with Crippen molar-refractivity contribution in [3.8, 4) is 0 Å². The summed E-state index contributed by atoms with van der Waals surface area (Å²) in [6.07, 6.45) is -8.28. The summed E-state index contributed by atoms with van der Waals surface area (Å²) in [5.74, 6) is -2.08. The van der Waals surface area contributed by atoms with Gasteiger partial charge in [-0.25, -0.2) is 0 Å². The van der Waals surface area contributed by atoms with Gasteiger partial charge in [0, 0.05) is 18.9 Å². The SMILES string of the molecule is CC(C)OC1CC(N)C(O)C(C)O1.CC(C)OC1CC(NC(=O)C(F)(F)F)C(O)C(C)O1. The van der Waals surface area contributed by atoms with Gasteiger partial charge in [-0.2, -0.15) is 13.2 Å². The van der Waals surface area contributed by atoms with E-state index in [0.717, 1.165) is 0 Å². The van der Waals surface area contributed by atoms with Crippen LogP contribution in [0, 0.1) is 0 Å². The molecular formula is C20H37F3N2O7. The van der Waals surface area contributed by atoms with Crippen molar-refractivity contribution in [2.45, 2.75) is 122 Å². The van der Waals surface area contributed by atoms with E-state index in [-0.39, 0.29) is 37.1 Å². The highest BCUT2D eigenvalue weighted by Crippen LogP contribution is 2.24. The van der Waals surface area contributed by atoms with Crippen LogP contribution >= 0.6 is 0 Å². The lowest BCUT2D eigenvalue weighted by Gasteiger charge is -2.38. The number of carbonyl (C=O) groups excluding carboxylic acids is 1. The Bertz CT molecular complexity index is 568. The number of amides is 1. The summed E-state index contributed by atoms with van der Waals surface area (Å²) < 4.78 is 58.1. The fourth-order valence-electron chi connectivity index (χ4n) is 3.31. The summed E-state index contributed by atoms with van der Waals surface area (Å²) in [7, 11) is 0. The molecular weight excluding hydrogens is 437 g/mol. The van der Waals surface area contributed by atoms with Gasteiger partial charge in [0.15, 0.2) is 12.6 Å². The lowest BCUT2D eigenvalue weighted by Crippen LogP contribution is -2.57. The third-order valence-corrected chi connectivity index (χ3v) is 4.88. The highest BCUT2D eigenvalue weighted by molar-refractivity contribution is 5.82. The Kier molecular flexibility index (Phi) is 11.3. The van der Waals surface area contributed by atoms with Crippen molar-refractivity contribution in [1.29, 1.82) is 0 Å². The average Bonchev–Trinajstić information content (AvgIpc) is 2.62. The van der Waals surface area contributed by atoms with Crippen molar-refractivity contribution in [3.05, 3.63) is 0 Å². The highest BCUT2D eigenvalue weighted by Gasteiger charge is 2.44. The molecule has 0 aromatic carbocycles. The Labute approximate surface area is 186 Å². The first-order chi connectivity index (χ1) is 14.6. The molecule has 190 valence electrons. The molecule has 2 aliphatic rings. The number of ether oxygens (including phenoxy) is 4. The van der Waals surface area contributed by atoms with E-state index in [9.17, 15) is 28.2 Å². The molecule has 5 N–H and O–H groups in total. The average molecular weight is 475 g/mol. The molecule has 0 saturated carbocycles. The van der Waals surface area contributed by atoms with E-state index in [1.165, 1.54) is 6.92 Å². The Morgan fingerprint density at radius 1 is 0.969 bits per heavy atom. The Balaban J connectivity index is 0.000000343. The minimum Gasteiger partial charge on any atom is -0.389 e. The van der Waals surface area contributed by atoms with E-state index in [1.807, 2.05) is 13.8 Å². The number of aliphatic hydroxyl groups is 2. The minimum absolute atomic E-state index is 0.0362. The van der Waals surface area contributed by atoms with Crippen LogP contribution in [0.25, 0.3) is 0 Å². The molecule has 32 heavy (non-hydrogen) atoms. The lowest BCUT2D eigenvalue weighted by molar-refractivity contribution is -0.238. The van der Waals surface area contributed by atoms with Crippen LogP contribution in [0.5, 0.6) is 0 Å². The predicted molar refractivity (Wildman–Crippen MR) is 108 cm³/mol. The first kappa shape index (κ1) is 29.0. The Morgan fingerprint density at radius 3 is 1.81 bits per heavy atom. The van der Waals surface area contributed by atoms with Crippen LogP contribution in [-0.4, -0.2) is 83.6 Å². The predicted octanol–water partition coefficient (Wildman–Crippen LogP) is 1.19. The molecule has 0 aliphatic carbocycles. The van der Waals surface area contributed by atoms with Gasteiger partial charge in [-0.1, -0.05) is 0 Å². The molecule has 0 spiro atoms. The number of carbonyl (C=O) groups is 1. The van der Waals surface area contributed by atoms with Gasteiger partial charge in [0.2, 0.25) is 0 Å². The maximum Gasteiger partial charge on any atom is 0.471 e. The summed E-state index contributed by atoms with van der Waals surface area (Å²) in [6.45, 7) is 10.7. The van der Waals surface area contributed by atoms with Crippen LogP contribution in [-0.2, 0) is 23.7 Å². The number of hydrogen-bond acceptors (Lipinski definition) is 8. The zero-order valence-electron chi connectivity index (χ0n) is 19.3. The number of nitrogens with two attached hydrogens (primary N) is 1. The van der Waals surface area contributed by atoms with Crippen LogP contribution in [0.4, 0.5) is 13.2 Å². The van der Waals surface area contributed by atoms with Crippen molar-refractivity contribution < 1.29 is 47.1 Å². The fourth-order valence-corrected chi connectivity index (χ4v) is 3.31. The third kappa shape index (κ3) is 9.46. The van der Waals surface area contributed by atoms with Crippen molar-refractivity contribution >= 4 is 5.91 Å². The van der Waals surface area contributed by atoms with Crippen LogP contribution in [0.2, 0.25) is 0 Å². The van der Waals surface area contributed by atoms with Crippen molar-refractivity contribution in [1.82, 2.24) is 5.32 Å². The second-order valence-corrected chi connectivity index (χ2v) is 8.61. The number of rotatable bonds is 5. The lowest BCUT2D eigenvalue weighted by atomic mass is 9.99. The zero-order valence-corrected chi connectivity index (χ0v) is 19.3. The first-order valence-corrected chi connectivity index (χ1v) is 10.7. The van der Waals surface area contributed by atoms with Gasteiger partial charge >= 0.3 is 12.1 Å². The van der Waals surface area contributed by atoms with Gasteiger partial charge in [0.05, 0.1) is 36.6 Å². The molecule has 0 radical (unpaired) electrons. The number of hydrogen-bond donors (Lipinski definition) is 4. The van der Waals surface area contributed by atoms with Crippen LogP contribution < -0.4 is 11.1 Å². The summed E-state index contributed by atoms with van der Waals surface area (Å²) >= 11 is 0. The molecule has 2 saturated heterocycles. The maximum absolute atomic E-state index is 12.2. The number of halogens is 3. The summed E-state index contributed by atoms with van der Waals surface area (Å²) in [4.78, 5) is 10.9. The molecule has 0 bridgehead atoms. The maximum atomic E-state index is 12.2. The monoisotopic (exact) mass is 474 g/mol. The van der Waals surface area contributed by atoms with E-state index in [4.69, 9.17) is 24.7 Å². The van der Waals surface area contributed by atoms with Crippen molar-refractivity contribution in [3.63, 3.8) is 0 Å². The quantitative estimate of drug-likeness (QED) is 0.467. The van der Waals surface area contributed by atoms with E-state index >= 15 is 0 Å². The van der Waals surface area contributed by atoms with E-state index < -0.39 is 42.7 Å². The Morgan fingerprint density at radius 2 is 1.41 bits per heavy atom. The standard InChI is InChI=1S/C11H18F3NO4.C9H19NO3/c1-5(2)18-8-4-7(9(16)6(3)19-8)15-10(17)11(12,13)14;1-5(2)12-8-4-7(10)9(11)6(3)13-8/h5-9,16H,4H2,1-3H3,(H,15,17);5-9,11H,4,10H2,1-3H3. The first-order valence-electron chi connectivity index (χ1n) is 10.7. The minimum atomic E-state index is -4.98. The van der Waals surface area contributed by atoms with Gasteiger partial charge < -0.3 is 40.2 Å². The number of nitrogens with one attached hydrogen (secondary N) is 1. The van der Waals surface area contributed by atoms with E-state index in [1.54, 1.807) is 26.1 Å².